The first-order chi connectivity index (χ1) is 7.15. The topological polar surface area (TPSA) is 71.8 Å². The Labute approximate surface area is 95.2 Å². The van der Waals surface area contributed by atoms with Crippen molar-refractivity contribution in [3.8, 4) is 0 Å². The molecule has 6 heteroatoms. The number of aromatic amines is 1. The van der Waals surface area contributed by atoms with Crippen molar-refractivity contribution in [1.82, 2.24) is 9.97 Å². The average Bonchev–Trinajstić information content (AvgIpc) is 2.56. The summed E-state index contributed by atoms with van der Waals surface area (Å²) in [6.45, 7) is 0. The Morgan fingerprint density at radius 2 is 2.40 bits per heavy atom. The quantitative estimate of drug-likeness (QED) is 0.805. The van der Waals surface area contributed by atoms with Gasteiger partial charge in [-0.2, -0.15) is 0 Å². The predicted octanol–water partition coefficient (Wildman–Crippen LogP) is 1.79. The molecule has 1 aromatic carbocycles. The smallest absolute Gasteiger partial charge is 0.227 e. The lowest BCUT2D eigenvalue weighted by Crippen LogP contribution is -2.13. The highest BCUT2D eigenvalue weighted by atomic mass is 35.5. The SMILES string of the molecule is NC(=O)CSc1nc2ccc(Cl)cc2[nH]1. The number of H-pyrrole nitrogens is 1. The monoisotopic (exact) mass is 241 g/mol. The molecule has 1 aromatic heterocycles. The third-order valence-corrected chi connectivity index (χ3v) is 2.90. The number of aromatic nitrogens is 2. The molecule has 0 saturated heterocycles. The Morgan fingerprint density at radius 3 is 3.13 bits per heavy atom. The molecule has 1 heterocycles. The number of thioether (sulfide) groups is 1. The molecule has 0 unspecified atom stereocenters. The van der Waals surface area contributed by atoms with Gasteiger partial charge in [0, 0.05) is 5.02 Å². The first-order valence-corrected chi connectivity index (χ1v) is 5.58. The number of carbonyl (C=O) groups excluding carboxylic acids is 1. The Kier molecular flexibility index (Phi) is 2.83. The zero-order chi connectivity index (χ0) is 10.8. The summed E-state index contributed by atoms with van der Waals surface area (Å²) in [5.74, 6) is -0.147. The van der Waals surface area contributed by atoms with Crippen LogP contribution in [-0.2, 0) is 4.79 Å². The highest BCUT2D eigenvalue weighted by Crippen LogP contribution is 2.21. The summed E-state index contributed by atoms with van der Waals surface area (Å²) < 4.78 is 0. The number of benzene rings is 1. The van der Waals surface area contributed by atoms with Crippen LogP contribution in [-0.4, -0.2) is 21.6 Å². The summed E-state index contributed by atoms with van der Waals surface area (Å²) >= 11 is 7.10. The molecule has 1 amide bonds. The molecule has 4 nitrogen and oxygen atoms in total. The number of primary amides is 1. The second kappa shape index (κ2) is 4.12. The highest BCUT2D eigenvalue weighted by Gasteiger charge is 2.04. The molecule has 3 N–H and O–H groups in total. The average molecular weight is 242 g/mol. The van der Waals surface area contributed by atoms with Gasteiger partial charge in [-0.1, -0.05) is 23.4 Å². The Bertz CT molecular complexity index is 511. The molecule has 0 radical (unpaired) electrons. The molecule has 0 atom stereocenters. The number of rotatable bonds is 3. The van der Waals surface area contributed by atoms with Crippen LogP contribution < -0.4 is 5.73 Å². The molecule has 15 heavy (non-hydrogen) atoms. The summed E-state index contributed by atoms with van der Waals surface area (Å²) in [5, 5.41) is 1.32. The Hall–Kier alpha value is -1.20. The molecule has 78 valence electrons. The largest absolute Gasteiger partial charge is 0.369 e. The van der Waals surface area contributed by atoms with Gasteiger partial charge >= 0.3 is 0 Å². The molecule has 2 rings (SSSR count). The van der Waals surface area contributed by atoms with Crippen LogP contribution in [0.4, 0.5) is 0 Å². The van der Waals surface area contributed by atoms with Crippen molar-refractivity contribution >= 4 is 40.3 Å². The zero-order valence-electron chi connectivity index (χ0n) is 7.66. The van der Waals surface area contributed by atoms with Gasteiger partial charge < -0.3 is 10.7 Å². The van der Waals surface area contributed by atoms with E-state index in [2.05, 4.69) is 9.97 Å². The number of amides is 1. The Balaban J connectivity index is 2.27. The molecule has 0 saturated carbocycles. The number of hydrogen-bond donors (Lipinski definition) is 2. The van der Waals surface area contributed by atoms with E-state index in [9.17, 15) is 4.79 Å². The van der Waals surface area contributed by atoms with E-state index in [0.29, 0.717) is 10.2 Å². The van der Waals surface area contributed by atoms with Crippen LogP contribution >= 0.6 is 23.4 Å². The minimum Gasteiger partial charge on any atom is -0.369 e. The number of nitrogens with one attached hydrogen (secondary N) is 1. The van der Waals surface area contributed by atoms with Crippen molar-refractivity contribution in [3.05, 3.63) is 23.2 Å². The zero-order valence-corrected chi connectivity index (χ0v) is 9.23. The third kappa shape index (κ3) is 2.43. The fourth-order valence-electron chi connectivity index (χ4n) is 1.17. The molecular formula is C9H8ClN3OS. The van der Waals surface area contributed by atoms with Crippen LogP contribution in [0.2, 0.25) is 5.02 Å². The minimum atomic E-state index is -0.363. The molecule has 0 fully saturated rings. The lowest BCUT2D eigenvalue weighted by atomic mass is 10.3. The van der Waals surface area contributed by atoms with Gasteiger partial charge in [0.2, 0.25) is 5.91 Å². The number of nitrogens with zero attached hydrogens (tertiary/aromatic N) is 1. The van der Waals surface area contributed by atoms with Crippen LogP contribution in [0.3, 0.4) is 0 Å². The van der Waals surface area contributed by atoms with Crippen LogP contribution in [0.1, 0.15) is 0 Å². The van der Waals surface area contributed by atoms with Crippen molar-refractivity contribution in [3.63, 3.8) is 0 Å². The van der Waals surface area contributed by atoms with Gasteiger partial charge in [-0.15, -0.1) is 0 Å². The Morgan fingerprint density at radius 1 is 1.60 bits per heavy atom. The lowest BCUT2D eigenvalue weighted by Gasteiger charge is -1.90. The van der Waals surface area contributed by atoms with E-state index in [1.165, 1.54) is 11.8 Å². The van der Waals surface area contributed by atoms with Gasteiger partial charge in [-0.05, 0) is 18.2 Å². The standard InChI is InChI=1S/C9H8ClN3OS/c10-5-1-2-6-7(3-5)13-9(12-6)15-4-8(11)14/h1-3H,4H2,(H2,11,14)(H,12,13). The number of nitrogens with two attached hydrogens (primary N) is 1. The second-order valence-corrected chi connectivity index (χ2v) is 4.36. The molecule has 0 aliphatic carbocycles. The summed E-state index contributed by atoms with van der Waals surface area (Å²) in [6.07, 6.45) is 0. The normalized spacial score (nSPS) is 10.7. The maximum absolute atomic E-state index is 10.6. The van der Waals surface area contributed by atoms with Crippen LogP contribution in [0.15, 0.2) is 23.4 Å². The van der Waals surface area contributed by atoms with Crippen molar-refractivity contribution in [2.45, 2.75) is 5.16 Å². The molecular weight excluding hydrogens is 234 g/mol. The maximum Gasteiger partial charge on any atom is 0.227 e. The van der Waals surface area contributed by atoms with E-state index < -0.39 is 0 Å². The highest BCUT2D eigenvalue weighted by molar-refractivity contribution is 7.99. The van der Waals surface area contributed by atoms with Crippen molar-refractivity contribution in [2.24, 2.45) is 5.73 Å². The summed E-state index contributed by atoms with van der Waals surface area (Å²) in [4.78, 5) is 17.9. The van der Waals surface area contributed by atoms with E-state index in [0.717, 1.165) is 11.0 Å². The number of fused-ring (bicyclic) bond motifs is 1. The third-order valence-electron chi connectivity index (χ3n) is 1.77. The fourth-order valence-corrected chi connectivity index (χ4v) is 1.96. The van der Waals surface area contributed by atoms with Gasteiger partial charge in [0.15, 0.2) is 5.16 Å². The van der Waals surface area contributed by atoms with Crippen molar-refractivity contribution in [1.29, 1.82) is 0 Å². The summed E-state index contributed by atoms with van der Waals surface area (Å²) in [5.41, 5.74) is 6.72. The van der Waals surface area contributed by atoms with E-state index in [-0.39, 0.29) is 11.7 Å². The first kappa shape index (κ1) is 10.3. The van der Waals surface area contributed by atoms with E-state index in [4.69, 9.17) is 17.3 Å². The lowest BCUT2D eigenvalue weighted by molar-refractivity contribution is -0.115. The maximum atomic E-state index is 10.6. The number of imidazole rings is 1. The molecule has 0 aliphatic heterocycles. The van der Waals surface area contributed by atoms with Gasteiger partial charge in [0.1, 0.15) is 0 Å². The molecule has 0 bridgehead atoms. The molecule has 0 aliphatic rings. The molecule has 0 spiro atoms. The summed E-state index contributed by atoms with van der Waals surface area (Å²) in [6, 6.07) is 5.38. The summed E-state index contributed by atoms with van der Waals surface area (Å²) in [7, 11) is 0. The van der Waals surface area contributed by atoms with E-state index in [1.807, 2.05) is 6.07 Å². The fraction of sp³-hybridized carbons (Fsp3) is 0.111. The minimum absolute atomic E-state index is 0.216. The second-order valence-electron chi connectivity index (χ2n) is 2.96. The number of halogens is 1. The molecule has 2 aromatic rings. The van der Waals surface area contributed by atoms with Gasteiger partial charge in [0.25, 0.3) is 0 Å². The first-order valence-electron chi connectivity index (χ1n) is 4.21. The van der Waals surface area contributed by atoms with Crippen LogP contribution in [0.25, 0.3) is 11.0 Å². The van der Waals surface area contributed by atoms with Crippen molar-refractivity contribution in [2.75, 3.05) is 5.75 Å². The van der Waals surface area contributed by atoms with Gasteiger partial charge in [-0.25, -0.2) is 4.98 Å². The van der Waals surface area contributed by atoms with Crippen molar-refractivity contribution < 1.29 is 4.79 Å². The van der Waals surface area contributed by atoms with Crippen LogP contribution in [0.5, 0.6) is 0 Å². The van der Waals surface area contributed by atoms with Gasteiger partial charge in [-0.3, -0.25) is 4.79 Å². The van der Waals surface area contributed by atoms with Gasteiger partial charge in [0.05, 0.1) is 16.8 Å². The van der Waals surface area contributed by atoms with E-state index >= 15 is 0 Å². The number of carbonyl (C=O) groups is 1. The number of hydrogen-bond acceptors (Lipinski definition) is 3. The van der Waals surface area contributed by atoms with E-state index in [1.54, 1.807) is 12.1 Å². The van der Waals surface area contributed by atoms with Crippen LogP contribution in [0, 0.1) is 0 Å². The predicted molar refractivity (Wildman–Crippen MR) is 61.0 cm³/mol.